The Labute approximate surface area is 156 Å². The van der Waals surface area contributed by atoms with E-state index in [4.69, 9.17) is 16.0 Å². The lowest BCUT2D eigenvalue weighted by molar-refractivity contribution is -0.137. The molecule has 0 fully saturated rings. The molecule has 0 bridgehead atoms. The molecule has 27 heavy (non-hydrogen) atoms. The number of hydrogen-bond donors (Lipinski definition) is 0. The number of alkyl halides is 3. The van der Waals surface area contributed by atoms with E-state index in [-0.39, 0.29) is 18.7 Å². The fraction of sp³-hybridized carbons (Fsp3) is 0.235. The average molecular weight is 397 g/mol. The summed E-state index contributed by atoms with van der Waals surface area (Å²) in [6, 6.07) is 6.78. The van der Waals surface area contributed by atoms with Crippen molar-refractivity contribution in [3.05, 3.63) is 58.6 Å². The van der Waals surface area contributed by atoms with Gasteiger partial charge in [-0.3, -0.25) is 4.79 Å². The van der Waals surface area contributed by atoms with Crippen LogP contribution in [0.25, 0.3) is 11.6 Å². The molecule has 0 atom stereocenters. The van der Waals surface area contributed by atoms with Gasteiger partial charge in [-0.2, -0.15) is 13.2 Å². The maximum Gasteiger partial charge on any atom is 0.417 e. The predicted molar refractivity (Wildman–Crippen MR) is 88.9 cm³/mol. The summed E-state index contributed by atoms with van der Waals surface area (Å²) in [5.74, 6) is 1.03. The van der Waals surface area contributed by atoms with E-state index in [0.29, 0.717) is 24.0 Å². The SMILES string of the molecule is O=C(c1cccc(C(F)(F)F)c1Cl)N1CCn2c(nnc2-c2ccco2)C1. The van der Waals surface area contributed by atoms with Crippen molar-refractivity contribution >= 4 is 17.5 Å². The third-order valence-electron chi connectivity index (χ3n) is 4.32. The number of nitrogens with zero attached hydrogens (tertiary/aromatic N) is 4. The fourth-order valence-electron chi connectivity index (χ4n) is 3.01. The number of fused-ring (bicyclic) bond motifs is 1. The van der Waals surface area contributed by atoms with Crippen LogP contribution in [0.1, 0.15) is 21.7 Å². The Balaban J connectivity index is 1.61. The van der Waals surface area contributed by atoms with Gasteiger partial charge in [0.2, 0.25) is 0 Å². The molecule has 1 amide bonds. The molecule has 3 heterocycles. The summed E-state index contributed by atoms with van der Waals surface area (Å²) in [4.78, 5) is 14.1. The Kier molecular flexibility index (Phi) is 4.18. The Morgan fingerprint density at radius 2 is 1.96 bits per heavy atom. The summed E-state index contributed by atoms with van der Waals surface area (Å²) in [7, 11) is 0. The van der Waals surface area contributed by atoms with Crippen molar-refractivity contribution in [3.8, 4) is 11.6 Å². The zero-order valence-corrected chi connectivity index (χ0v) is 14.5. The van der Waals surface area contributed by atoms with Gasteiger partial charge in [-0.05, 0) is 24.3 Å². The van der Waals surface area contributed by atoms with Crippen molar-refractivity contribution in [3.63, 3.8) is 0 Å². The molecule has 0 radical (unpaired) electrons. The monoisotopic (exact) mass is 396 g/mol. The Morgan fingerprint density at radius 1 is 1.15 bits per heavy atom. The zero-order valence-electron chi connectivity index (χ0n) is 13.7. The summed E-state index contributed by atoms with van der Waals surface area (Å²) in [6.45, 7) is 0.782. The highest BCUT2D eigenvalue weighted by Gasteiger charge is 2.36. The molecule has 4 rings (SSSR count). The van der Waals surface area contributed by atoms with Gasteiger partial charge in [0, 0.05) is 13.1 Å². The highest BCUT2D eigenvalue weighted by atomic mass is 35.5. The number of furan rings is 1. The molecule has 140 valence electrons. The molecule has 10 heteroatoms. The maximum absolute atomic E-state index is 13.0. The van der Waals surface area contributed by atoms with Crippen LogP contribution in [0.5, 0.6) is 0 Å². The molecule has 1 aliphatic heterocycles. The quantitative estimate of drug-likeness (QED) is 0.659. The first kappa shape index (κ1) is 17.6. The predicted octanol–water partition coefficient (Wildman–Crippen LogP) is 3.87. The third kappa shape index (κ3) is 3.08. The third-order valence-corrected chi connectivity index (χ3v) is 4.72. The number of hydrogen-bond acceptors (Lipinski definition) is 4. The van der Waals surface area contributed by atoms with Crippen molar-refractivity contribution in [1.29, 1.82) is 0 Å². The number of benzene rings is 1. The number of rotatable bonds is 2. The first-order valence-electron chi connectivity index (χ1n) is 7.97. The van der Waals surface area contributed by atoms with Crippen molar-refractivity contribution in [2.75, 3.05) is 6.54 Å². The van der Waals surface area contributed by atoms with Crippen LogP contribution in [0.4, 0.5) is 13.2 Å². The van der Waals surface area contributed by atoms with Crippen LogP contribution in [0, 0.1) is 0 Å². The molecular weight excluding hydrogens is 385 g/mol. The molecule has 6 nitrogen and oxygen atoms in total. The standard InChI is InChI=1S/C17H12ClF3N4O2/c18-14-10(3-1-4-11(14)17(19,20)21)16(26)24-6-7-25-13(9-24)22-23-15(25)12-5-2-8-27-12/h1-5,8H,6-7,9H2. The van der Waals surface area contributed by atoms with Crippen molar-refractivity contribution in [1.82, 2.24) is 19.7 Å². The van der Waals surface area contributed by atoms with Gasteiger partial charge in [-0.15, -0.1) is 10.2 Å². The number of amides is 1. The van der Waals surface area contributed by atoms with E-state index in [2.05, 4.69) is 10.2 Å². The van der Waals surface area contributed by atoms with Crippen molar-refractivity contribution in [2.24, 2.45) is 0 Å². The van der Waals surface area contributed by atoms with Crippen LogP contribution in [0.3, 0.4) is 0 Å². The van der Waals surface area contributed by atoms with Gasteiger partial charge >= 0.3 is 6.18 Å². The first-order valence-corrected chi connectivity index (χ1v) is 8.35. The summed E-state index contributed by atoms with van der Waals surface area (Å²) in [6.07, 6.45) is -3.11. The summed E-state index contributed by atoms with van der Waals surface area (Å²) in [5.41, 5.74) is -1.22. The largest absolute Gasteiger partial charge is 0.461 e. The molecule has 0 saturated carbocycles. The average Bonchev–Trinajstić information content (AvgIpc) is 3.29. The lowest BCUT2D eigenvalue weighted by Crippen LogP contribution is -2.38. The molecule has 1 aliphatic rings. The minimum absolute atomic E-state index is 0.110. The van der Waals surface area contributed by atoms with E-state index in [0.717, 1.165) is 6.07 Å². The first-order chi connectivity index (χ1) is 12.9. The second-order valence-corrected chi connectivity index (χ2v) is 6.34. The normalized spacial score (nSPS) is 14.3. The lowest BCUT2D eigenvalue weighted by Gasteiger charge is -2.28. The molecule has 1 aromatic carbocycles. The van der Waals surface area contributed by atoms with Gasteiger partial charge in [0.05, 0.1) is 29.0 Å². The molecule has 0 aliphatic carbocycles. The van der Waals surface area contributed by atoms with E-state index in [1.165, 1.54) is 23.3 Å². The van der Waals surface area contributed by atoms with Gasteiger partial charge in [0.15, 0.2) is 17.4 Å². The molecule has 0 saturated heterocycles. The van der Waals surface area contributed by atoms with Gasteiger partial charge < -0.3 is 13.9 Å². The topological polar surface area (TPSA) is 64.2 Å². The van der Waals surface area contributed by atoms with Crippen LogP contribution in [0.15, 0.2) is 41.0 Å². The van der Waals surface area contributed by atoms with Crippen molar-refractivity contribution < 1.29 is 22.4 Å². The fourth-order valence-corrected chi connectivity index (χ4v) is 3.32. The Bertz CT molecular complexity index is 998. The summed E-state index contributed by atoms with van der Waals surface area (Å²) < 4.78 is 46.2. The van der Waals surface area contributed by atoms with Crippen LogP contribution in [-0.2, 0) is 19.3 Å². The summed E-state index contributed by atoms with van der Waals surface area (Å²) in [5, 5.41) is 7.54. The number of halogens is 4. The number of aromatic nitrogens is 3. The Morgan fingerprint density at radius 3 is 2.67 bits per heavy atom. The van der Waals surface area contributed by atoms with E-state index < -0.39 is 22.7 Å². The molecule has 0 spiro atoms. The van der Waals surface area contributed by atoms with Crippen LogP contribution < -0.4 is 0 Å². The molecular formula is C17H12ClF3N4O2. The number of carbonyl (C=O) groups excluding carboxylic acids is 1. The maximum atomic E-state index is 13.0. The van der Waals surface area contributed by atoms with Crippen molar-refractivity contribution in [2.45, 2.75) is 19.3 Å². The molecule has 3 aromatic rings. The highest BCUT2D eigenvalue weighted by Crippen LogP contribution is 2.36. The second kappa shape index (κ2) is 6.41. The highest BCUT2D eigenvalue weighted by molar-refractivity contribution is 6.34. The lowest BCUT2D eigenvalue weighted by atomic mass is 10.1. The van der Waals surface area contributed by atoms with Gasteiger partial charge in [0.1, 0.15) is 0 Å². The second-order valence-electron chi connectivity index (χ2n) is 5.96. The van der Waals surface area contributed by atoms with Gasteiger partial charge in [-0.25, -0.2) is 0 Å². The minimum atomic E-state index is -4.63. The smallest absolute Gasteiger partial charge is 0.417 e. The van der Waals surface area contributed by atoms with Gasteiger partial charge in [-0.1, -0.05) is 17.7 Å². The molecule has 0 unspecified atom stereocenters. The van der Waals surface area contributed by atoms with Crippen LogP contribution in [-0.4, -0.2) is 32.1 Å². The number of carbonyl (C=O) groups is 1. The molecule has 2 aromatic heterocycles. The van der Waals surface area contributed by atoms with Crippen LogP contribution in [0.2, 0.25) is 5.02 Å². The van der Waals surface area contributed by atoms with E-state index in [1.807, 2.05) is 4.57 Å². The molecule has 0 N–H and O–H groups in total. The van der Waals surface area contributed by atoms with Gasteiger partial charge in [0.25, 0.3) is 5.91 Å². The Hall–Kier alpha value is -2.81. The minimum Gasteiger partial charge on any atom is -0.461 e. The van der Waals surface area contributed by atoms with E-state index in [9.17, 15) is 18.0 Å². The zero-order chi connectivity index (χ0) is 19.2. The van der Waals surface area contributed by atoms with E-state index in [1.54, 1.807) is 12.1 Å². The van der Waals surface area contributed by atoms with Crippen LogP contribution >= 0.6 is 11.6 Å². The summed E-state index contributed by atoms with van der Waals surface area (Å²) >= 11 is 5.87. The van der Waals surface area contributed by atoms with E-state index >= 15 is 0 Å².